The fraction of sp³-hybridized carbons (Fsp3) is 0.143. The minimum atomic E-state index is -3.51. The van der Waals surface area contributed by atoms with Crippen LogP contribution in [0.2, 0.25) is 0 Å². The summed E-state index contributed by atoms with van der Waals surface area (Å²) in [5.74, 6) is 0. The average molecular weight is 162 g/mol. The van der Waals surface area contributed by atoms with Crippen molar-refractivity contribution in [1.29, 1.82) is 0 Å². The zero-order valence-electron chi connectivity index (χ0n) is 5.67. The van der Waals surface area contributed by atoms with E-state index in [1.54, 1.807) is 18.2 Å². The van der Waals surface area contributed by atoms with E-state index in [0.717, 1.165) is 0 Å². The first-order chi connectivity index (χ1) is 5.08. The monoisotopic (exact) mass is 162 g/mol. The summed E-state index contributed by atoms with van der Waals surface area (Å²) in [6.45, 7) is -0.902. The Morgan fingerprint density at radius 1 is 1.00 bits per heavy atom. The maximum absolute atomic E-state index is 11.7. The molecule has 0 bridgehead atoms. The molecule has 0 aliphatic rings. The van der Waals surface area contributed by atoms with E-state index in [9.17, 15) is 13.4 Å². The van der Waals surface area contributed by atoms with Gasteiger partial charge >= 0.3 is 0 Å². The van der Waals surface area contributed by atoms with Gasteiger partial charge in [-0.2, -0.15) is 0 Å². The van der Waals surface area contributed by atoms with Crippen LogP contribution >= 0.6 is 0 Å². The van der Waals surface area contributed by atoms with E-state index < -0.39 is 11.7 Å². The first-order valence-electron chi connectivity index (χ1n) is 3.09. The Labute approximate surface area is 62.1 Å². The van der Waals surface area contributed by atoms with Crippen LogP contribution < -0.4 is 0 Å². The molecular weight excluding hydrogens is 155 g/mol. The van der Waals surface area contributed by atoms with Gasteiger partial charge < -0.3 is 0 Å². The van der Waals surface area contributed by atoms with Gasteiger partial charge in [0.15, 0.2) is 0 Å². The van der Waals surface area contributed by atoms with E-state index in [0.29, 0.717) is 0 Å². The van der Waals surface area contributed by atoms with Gasteiger partial charge in [-0.05, 0) is 0 Å². The van der Waals surface area contributed by atoms with Gasteiger partial charge in [-0.1, -0.05) is 30.3 Å². The Bertz CT molecular complexity index is 217. The molecule has 1 aromatic rings. The fourth-order valence-corrected chi connectivity index (χ4v) is 0.790. The largest absolute Gasteiger partial charge is 0.248 e. The summed E-state index contributed by atoms with van der Waals surface area (Å²) in [4.78, 5) is 0. The lowest BCUT2D eigenvalue weighted by atomic mass is 10.2. The number of quaternary nitrogens is 1. The van der Waals surface area contributed by atoms with Crippen LogP contribution in [0.3, 0.4) is 0 Å². The Morgan fingerprint density at radius 2 is 1.55 bits per heavy atom. The lowest BCUT2D eigenvalue weighted by molar-refractivity contribution is -1.28. The third-order valence-electron chi connectivity index (χ3n) is 1.20. The summed E-state index contributed by atoms with van der Waals surface area (Å²) < 4.78 is 35.0. The third kappa shape index (κ3) is 3.04. The standard InChI is InChI=1S/C7H7F3N/c8-11(9,10)6-7-4-2-1-3-5-7/h1-5H,6H2/q+1. The van der Waals surface area contributed by atoms with Crippen LogP contribution in [0.5, 0.6) is 0 Å². The molecule has 0 N–H and O–H groups in total. The van der Waals surface area contributed by atoms with Gasteiger partial charge in [0, 0.05) is 5.56 Å². The SMILES string of the molecule is F[N+](F)(F)Cc1ccccc1. The molecule has 0 aliphatic carbocycles. The minimum absolute atomic E-state index is 0.278. The van der Waals surface area contributed by atoms with Crippen LogP contribution in [0.25, 0.3) is 0 Å². The fourth-order valence-electron chi connectivity index (χ4n) is 0.790. The second-order valence-electron chi connectivity index (χ2n) is 2.19. The van der Waals surface area contributed by atoms with E-state index in [1.165, 1.54) is 12.1 Å². The predicted octanol–water partition coefficient (Wildman–Crippen LogP) is 2.66. The molecule has 11 heavy (non-hydrogen) atoms. The second kappa shape index (κ2) is 2.92. The number of halogens is 3. The molecule has 0 unspecified atom stereocenters. The molecule has 1 nitrogen and oxygen atoms in total. The second-order valence-corrected chi connectivity index (χ2v) is 2.19. The molecule has 0 heterocycles. The lowest BCUT2D eigenvalue weighted by Gasteiger charge is -1.99. The van der Waals surface area contributed by atoms with Gasteiger partial charge in [0.05, 0.1) is 13.4 Å². The first-order valence-corrected chi connectivity index (χ1v) is 3.09. The summed E-state index contributed by atoms with van der Waals surface area (Å²) in [6, 6.07) is 7.76. The van der Waals surface area contributed by atoms with Crippen molar-refractivity contribution in [2.45, 2.75) is 6.54 Å². The molecule has 4 heteroatoms. The van der Waals surface area contributed by atoms with Crippen molar-refractivity contribution in [3.8, 4) is 0 Å². The number of nitrogens with zero attached hydrogens (tertiary/aromatic N) is 1. The molecule has 0 aromatic heterocycles. The first kappa shape index (κ1) is 8.07. The molecule has 0 saturated carbocycles. The summed E-state index contributed by atoms with van der Waals surface area (Å²) in [5, 5.41) is -3.51. The predicted molar refractivity (Wildman–Crippen MR) is 33.7 cm³/mol. The summed E-state index contributed by atoms with van der Waals surface area (Å²) in [5.41, 5.74) is 0.278. The van der Waals surface area contributed by atoms with Gasteiger partial charge in [0.25, 0.3) is 0 Å². The zero-order chi connectivity index (χ0) is 8.32. The molecular formula is C7H7F3N+. The Balaban J connectivity index is 2.66. The highest BCUT2D eigenvalue weighted by atomic mass is 19.6. The summed E-state index contributed by atoms with van der Waals surface area (Å²) in [7, 11) is 0. The molecule has 1 aromatic carbocycles. The van der Waals surface area contributed by atoms with Crippen molar-refractivity contribution in [2.24, 2.45) is 0 Å². The number of rotatable bonds is 2. The smallest absolute Gasteiger partial charge is 0.0622 e. The van der Waals surface area contributed by atoms with Crippen molar-refractivity contribution in [3.63, 3.8) is 0 Å². The highest BCUT2D eigenvalue weighted by Gasteiger charge is 2.30. The van der Waals surface area contributed by atoms with Crippen LogP contribution in [-0.4, -0.2) is 5.15 Å². The number of hydrogen-bond donors (Lipinski definition) is 0. The Morgan fingerprint density at radius 3 is 2.00 bits per heavy atom. The molecule has 0 spiro atoms. The van der Waals surface area contributed by atoms with Crippen molar-refractivity contribution in [2.75, 3.05) is 0 Å². The van der Waals surface area contributed by atoms with Crippen molar-refractivity contribution >= 4 is 0 Å². The van der Waals surface area contributed by atoms with Crippen LogP contribution in [0.15, 0.2) is 30.3 Å². The highest BCUT2D eigenvalue weighted by molar-refractivity contribution is 5.13. The Kier molecular flexibility index (Phi) is 2.14. The maximum Gasteiger partial charge on any atom is 0.248 e. The molecule has 0 aliphatic heterocycles. The molecule has 0 atom stereocenters. The molecule has 60 valence electrons. The van der Waals surface area contributed by atoms with E-state index in [4.69, 9.17) is 0 Å². The maximum atomic E-state index is 11.7. The van der Waals surface area contributed by atoms with Gasteiger partial charge in [0.1, 0.15) is 0 Å². The molecule has 0 radical (unpaired) electrons. The van der Waals surface area contributed by atoms with Gasteiger partial charge in [-0.3, -0.25) is 0 Å². The minimum Gasteiger partial charge on any atom is -0.0622 e. The summed E-state index contributed by atoms with van der Waals surface area (Å²) >= 11 is 0. The molecule has 0 saturated heterocycles. The van der Waals surface area contributed by atoms with Gasteiger partial charge in [-0.15, -0.1) is 0 Å². The van der Waals surface area contributed by atoms with Crippen molar-refractivity contribution in [1.82, 2.24) is 0 Å². The Hall–Kier alpha value is -1.03. The average Bonchev–Trinajstić information content (AvgIpc) is 1.85. The normalized spacial score (nSPS) is 11.5. The van der Waals surface area contributed by atoms with Gasteiger partial charge in [-0.25, -0.2) is 0 Å². The van der Waals surface area contributed by atoms with E-state index in [2.05, 4.69) is 0 Å². The van der Waals surface area contributed by atoms with Crippen LogP contribution in [0.4, 0.5) is 13.4 Å². The molecule has 0 amide bonds. The van der Waals surface area contributed by atoms with E-state index in [1.807, 2.05) is 0 Å². The van der Waals surface area contributed by atoms with Crippen molar-refractivity contribution in [3.05, 3.63) is 35.9 Å². The molecule has 1 rings (SSSR count). The topological polar surface area (TPSA) is 0 Å². The number of hydrogen-bond acceptors (Lipinski definition) is 0. The highest BCUT2D eigenvalue weighted by Crippen LogP contribution is 2.16. The summed E-state index contributed by atoms with van der Waals surface area (Å²) in [6.07, 6.45) is 0. The molecule has 0 fully saturated rings. The van der Waals surface area contributed by atoms with E-state index >= 15 is 0 Å². The zero-order valence-corrected chi connectivity index (χ0v) is 5.67. The van der Waals surface area contributed by atoms with Crippen LogP contribution in [0, 0.1) is 0 Å². The van der Waals surface area contributed by atoms with Crippen LogP contribution in [-0.2, 0) is 6.54 Å². The van der Waals surface area contributed by atoms with E-state index in [-0.39, 0.29) is 5.56 Å². The van der Waals surface area contributed by atoms with Gasteiger partial charge in [0.2, 0.25) is 11.7 Å². The van der Waals surface area contributed by atoms with Crippen LogP contribution in [0.1, 0.15) is 5.56 Å². The third-order valence-corrected chi connectivity index (χ3v) is 1.20. The van der Waals surface area contributed by atoms with Crippen molar-refractivity contribution < 1.29 is 18.6 Å². The quantitative estimate of drug-likeness (QED) is 0.586. The lowest BCUT2D eigenvalue weighted by Crippen LogP contribution is -2.17. The number of benzene rings is 1.